The van der Waals surface area contributed by atoms with Crippen LogP contribution < -0.4 is 11.5 Å². The van der Waals surface area contributed by atoms with Crippen LogP contribution >= 0.6 is 0 Å². The fraction of sp³-hybridized carbons (Fsp3) is 0.176. The zero-order valence-electron chi connectivity index (χ0n) is 10.9. The molecule has 0 heterocycles. The van der Waals surface area contributed by atoms with Crippen LogP contribution in [-0.2, 0) is 0 Å². The highest BCUT2D eigenvalue weighted by molar-refractivity contribution is 5.49. The fourth-order valence-electron chi connectivity index (χ4n) is 2.67. The maximum Gasteiger partial charge on any atom is 0.0314 e. The normalized spacial score (nSPS) is 16.8. The Hall–Kier alpha value is -1.96. The minimum absolute atomic E-state index is 0.824. The van der Waals surface area contributed by atoms with Gasteiger partial charge in [-0.15, -0.1) is 0 Å². The van der Waals surface area contributed by atoms with Crippen LogP contribution in [0.25, 0.3) is 0 Å². The van der Waals surface area contributed by atoms with Gasteiger partial charge in [0, 0.05) is 23.2 Å². The van der Waals surface area contributed by atoms with Crippen LogP contribution in [0.2, 0.25) is 0 Å². The molecule has 4 N–H and O–H groups in total. The largest absolute Gasteiger partial charge is 0.399 e. The minimum atomic E-state index is 0.824. The van der Waals surface area contributed by atoms with Gasteiger partial charge in [-0.2, -0.15) is 0 Å². The van der Waals surface area contributed by atoms with Crippen LogP contribution in [0, 0.1) is 11.8 Å². The van der Waals surface area contributed by atoms with E-state index in [0.29, 0.717) is 0 Å². The number of hydrogen-bond acceptors (Lipinski definition) is 2. The zero-order chi connectivity index (χ0) is 13.2. The quantitative estimate of drug-likeness (QED) is 0.800. The molecular formula is C17H18N2. The third kappa shape index (κ3) is 2.58. The molecule has 2 aromatic rings. The molecule has 1 saturated carbocycles. The monoisotopic (exact) mass is 250 g/mol. The van der Waals surface area contributed by atoms with Crippen molar-refractivity contribution in [3.8, 4) is 0 Å². The van der Waals surface area contributed by atoms with Gasteiger partial charge in [-0.25, -0.2) is 0 Å². The molecule has 2 nitrogen and oxygen atoms in total. The molecule has 0 bridgehead atoms. The molecule has 2 radical (unpaired) electrons. The van der Waals surface area contributed by atoms with Crippen LogP contribution in [0.1, 0.15) is 30.4 Å². The van der Waals surface area contributed by atoms with E-state index in [2.05, 4.69) is 24.3 Å². The number of anilines is 2. The molecule has 3 rings (SSSR count). The summed E-state index contributed by atoms with van der Waals surface area (Å²) in [7, 11) is 0. The van der Waals surface area contributed by atoms with Gasteiger partial charge in [0.15, 0.2) is 0 Å². The molecule has 0 atom stereocenters. The van der Waals surface area contributed by atoms with Gasteiger partial charge < -0.3 is 11.5 Å². The lowest BCUT2D eigenvalue weighted by Crippen LogP contribution is -1.97. The van der Waals surface area contributed by atoms with E-state index in [0.717, 1.165) is 30.6 Å². The lowest BCUT2D eigenvalue weighted by Gasteiger charge is -2.11. The van der Waals surface area contributed by atoms with E-state index in [-0.39, 0.29) is 0 Å². The highest BCUT2D eigenvalue weighted by Crippen LogP contribution is 2.42. The van der Waals surface area contributed by atoms with Gasteiger partial charge in [0.05, 0.1) is 0 Å². The molecule has 0 aromatic heterocycles. The number of nitrogen functional groups attached to an aromatic ring is 2. The summed E-state index contributed by atoms with van der Waals surface area (Å²) in [5.74, 6) is 3.01. The number of hydrogen-bond donors (Lipinski definition) is 2. The zero-order valence-corrected chi connectivity index (χ0v) is 10.9. The van der Waals surface area contributed by atoms with Gasteiger partial charge in [-0.3, -0.25) is 0 Å². The smallest absolute Gasteiger partial charge is 0.0314 e. The Morgan fingerprint density at radius 3 is 1.32 bits per heavy atom. The summed E-state index contributed by atoms with van der Waals surface area (Å²) in [5, 5.41) is 0. The molecule has 0 unspecified atom stereocenters. The molecular weight excluding hydrogens is 232 g/mol. The maximum atomic E-state index is 5.73. The summed E-state index contributed by atoms with van der Waals surface area (Å²) < 4.78 is 0. The first-order chi connectivity index (χ1) is 9.22. The Morgan fingerprint density at radius 1 is 0.579 bits per heavy atom. The highest BCUT2D eigenvalue weighted by atomic mass is 14.5. The molecule has 0 amide bonds. The van der Waals surface area contributed by atoms with Crippen molar-refractivity contribution < 1.29 is 0 Å². The van der Waals surface area contributed by atoms with Crippen LogP contribution in [0.4, 0.5) is 11.4 Å². The van der Waals surface area contributed by atoms with Crippen molar-refractivity contribution in [3.05, 3.63) is 71.5 Å². The van der Waals surface area contributed by atoms with Crippen molar-refractivity contribution >= 4 is 11.4 Å². The van der Waals surface area contributed by atoms with Crippen molar-refractivity contribution in [2.75, 3.05) is 11.5 Å². The lowest BCUT2D eigenvalue weighted by molar-refractivity contribution is 0.942. The van der Waals surface area contributed by atoms with E-state index < -0.39 is 0 Å². The van der Waals surface area contributed by atoms with Crippen LogP contribution in [0.5, 0.6) is 0 Å². The van der Waals surface area contributed by atoms with E-state index in [9.17, 15) is 0 Å². The van der Waals surface area contributed by atoms with E-state index in [1.807, 2.05) is 24.3 Å². The molecule has 96 valence electrons. The fourth-order valence-corrected chi connectivity index (χ4v) is 2.67. The predicted octanol–water partition coefficient (Wildman–Crippen LogP) is 3.58. The molecule has 2 heteroatoms. The van der Waals surface area contributed by atoms with Crippen molar-refractivity contribution in [1.82, 2.24) is 0 Å². The number of benzene rings is 2. The van der Waals surface area contributed by atoms with Gasteiger partial charge in [0.1, 0.15) is 0 Å². The molecule has 1 fully saturated rings. The first-order valence-corrected chi connectivity index (χ1v) is 6.63. The van der Waals surface area contributed by atoms with E-state index in [4.69, 9.17) is 11.5 Å². The molecule has 0 spiro atoms. The van der Waals surface area contributed by atoms with Gasteiger partial charge in [-0.05, 0) is 54.7 Å². The van der Waals surface area contributed by atoms with E-state index in [1.54, 1.807) is 0 Å². The molecule has 1 aliphatic rings. The van der Waals surface area contributed by atoms with Gasteiger partial charge >= 0.3 is 0 Å². The second kappa shape index (κ2) is 4.96. The summed E-state index contributed by atoms with van der Waals surface area (Å²) in [6.07, 6.45) is 3.35. The van der Waals surface area contributed by atoms with Gasteiger partial charge in [0.25, 0.3) is 0 Å². The summed E-state index contributed by atoms with van der Waals surface area (Å²) in [6.45, 7) is 0. The standard InChI is InChI=1S/C17H18N2/c18-16-7-3-12(4-8-16)14-1-2-15(11-14)13-5-9-17(19)10-6-13/h3-10H,1-2,11,18-19H2. The van der Waals surface area contributed by atoms with Gasteiger partial charge in [0.2, 0.25) is 0 Å². The number of nitrogens with two attached hydrogens (primary N) is 2. The third-order valence-electron chi connectivity index (χ3n) is 3.79. The second-order valence-electron chi connectivity index (χ2n) is 5.13. The average Bonchev–Trinajstić information content (AvgIpc) is 2.90. The van der Waals surface area contributed by atoms with Crippen molar-refractivity contribution in [2.45, 2.75) is 19.3 Å². The second-order valence-corrected chi connectivity index (χ2v) is 5.13. The third-order valence-corrected chi connectivity index (χ3v) is 3.79. The van der Waals surface area contributed by atoms with Crippen LogP contribution in [-0.4, -0.2) is 0 Å². The molecule has 1 aliphatic carbocycles. The minimum Gasteiger partial charge on any atom is -0.399 e. The van der Waals surface area contributed by atoms with Crippen LogP contribution in [0.15, 0.2) is 48.5 Å². The molecule has 19 heavy (non-hydrogen) atoms. The molecule has 0 saturated heterocycles. The molecule has 0 aliphatic heterocycles. The summed E-state index contributed by atoms with van der Waals surface area (Å²) >= 11 is 0. The Labute approximate surface area is 114 Å². The highest BCUT2D eigenvalue weighted by Gasteiger charge is 2.27. The lowest BCUT2D eigenvalue weighted by atomic mass is 9.93. The first-order valence-electron chi connectivity index (χ1n) is 6.63. The molecule has 2 aromatic carbocycles. The predicted molar refractivity (Wildman–Crippen MR) is 80.2 cm³/mol. The SMILES string of the molecule is Nc1ccc([C]2CC[C](c3ccc(N)cc3)C2)cc1. The van der Waals surface area contributed by atoms with E-state index in [1.165, 1.54) is 23.0 Å². The summed E-state index contributed by atoms with van der Waals surface area (Å²) in [6, 6.07) is 16.4. The summed E-state index contributed by atoms with van der Waals surface area (Å²) in [5.41, 5.74) is 15.7. The Balaban J connectivity index is 1.73. The average molecular weight is 250 g/mol. The Kier molecular flexibility index (Phi) is 3.16. The maximum absolute atomic E-state index is 5.73. The Bertz CT molecular complexity index is 491. The van der Waals surface area contributed by atoms with Crippen LogP contribution in [0.3, 0.4) is 0 Å². The van der Waals surface area contributed by atoms with Crippen molar-refractivity contribution in [1.29, 1.82) is 0 Å². The van der Waals surface area contributed by atoms with Crippen molar-refractivity contribution in [2.24, 2.45) is 0 Å². The van der Waals surface area contributed by atoms with Crippen molar-refractivity contribution in [3.63, 3.8) is 0 Å². The van der Waals surface area contributed by atoms with Gasteiger partial charge in [-0.1, -0.05) is 24.3 Å². The Morgan fingerprint density at radius 2 is 0.947 bits per heavy atom. The first kappa shape index (κ1) is 12.1. The van der Waals surface area contributed by atoms with E-state index >= 15 is 0 Å². The summed E-state index contributed by atoms with van der Waals surface area (Å²) in [4.78, 5) is 0. The topological polar surface area (TPSA) is 52.0 Å². The number of rotatable bonds is 2.